The van der Waals surface area contributed by atoms with E-state index in [1.807, 2.05) is 6.07 Å². The number of hydrogen-bond acceptors (Lipinski definition) is 4. The van der Waals surface area contributed by atoms with Crippen LogP contribution in [0.25, 0.3) is 0 Å². The standard InChI is InChI=1S/C17H22FN3O2S/c18-16-10-13(11-19)7-8-17(16)21-9-3-6-15(12-21)24(22,23)20-14-4-1-2-5-14/h7-8,10,14-15,20H,1-6,9,12H2/t15-/m0/s1. The van der Waals surface area contributed by atoms with Crippen LogP contribution in [0.15, 0.2) is 18.2 Å². The zero-order chi connectivity index (χ0) is 17.2. The van der Waals surface area contributed by atoms with Crippen LogP contribution >= 0.6 is 0 Å². The first-order valence-electron chi connectivity index (χ1n) is 8.45. The molecule has 0 spiro atoms. The van der Waals surface area contributed by atoms with Crippen molar-refractivity contribution in [1.29, 1.82) is 5.26 Å². The van der Waals surface area contributed by atoms with Gasteiger partial charge in [-0.2, -0.15) is 5.26 Å². The van der Waals surface area contributed by atoms with Gasteiger partial charge in [-0.25, -0.2) is 17.5 Å². The van der Waals surface area contributed by atoms with Gasteiger partial charge in [-0.1, -0.05) is 12.8 Å². The van der Waals surface area contributed by atoms with Gasteiger partial charge in [0.15, 0.2) is 0 Å². The van der Waals surface area contributed by atoms with Crippen LogP contribution in [0.2, 0.25) is 0 Å². The highest BCUT2D eigenvalue weighted by atomic mass is 32.2. The molecule has 1 aromatic carbocycles. The minimum Gasteiger partial charge on any atom is -0.368 e. The summed E-state index contributed by atoms with van der Waals surface area (Å²) >= 11 is 0. The Morgan fingerprint density at radius 3 is 2.62 bits per heavy atom. The average molecular weight is 351 g/mol. The highest BCUT2D eigenvalue weighted by Crippen LogP contribution is 2.27. The van der Waals surface area contributed by atoms with E-state index in [0.29, 0.717) is 25.1 Å². The van der Waals surface area contributed by atoms with Crippen LogP contribution in [0.1, 0.15) is 44.1 Å². The van der Waals surface area contributed by atoms with Crippen LogP contribution < -0.4 is 9.62 Å². The lowest BCUT2D eigenvalue weighted by molar-refractivity contribution is 0.502. The van der Waals surface area contributed by atoms with Crippen LogP contribution in [0, 0.1) is 17.1 Å². The summed E-state index contributed by atoms with van der Waals surface area (Å²) in [5.41, 5.74) is 0.634. The fourth-order valence-electron chi connectivity index (χ4n) is 3.62. The summed E-state index contributed by atoms with van der Waals surface area (Å²) in [7, 11) is -3.40. The number of nitrogens with one attached hydrogen (secondary N) is 1. The average Bonchev–Trinajstić information content (AvgIpc) is 3.07. The smallest absolute Gasteiger partial charge is 0.216 e. The number of sulfonamides is 1. The Labute approximate surface area is 142 Å². The predicted octanol–water partition coefficient (Wildman–Crippen LogP) is 2.53. The molecule has 7 heteroatoms. The Balaban J connectivity index is 1.73. The summed E-state index contributed by atoms with van der Waals surface area (Å²) in [4.78, 5) is 1.78. The molecule has 2 aliphatic rings. The van der Waals surface area contributed by atoms with Gasteiger partial charge in [-0.05, 0) is 43.9 Å². The maximum Gasteiger partial charge on any atom is 0.216 e. The van der Waals surface area contributed by atoms with E-state index in [4.69, 9.17) is 5.26 Å². The molecule has 1 atom stereocenters. The second-order valence-electron chi connectivity index (χ2n) is 6.63. The van der Waals surface area contributed by atoms with Gasteiger partial charge in [0.25, 0.3) is 0 Å². The van der Waals surface area contributed by atoms with E-state index in [0.717, 1.165) is 25.7 Å². The molecule has 1 saturated heterocycles. The van der Waals surface area contributed by atoms with Crippen molar-refractivity contribution in [2.45, 2.75) is 49.8 Å². The minimum atomic E-state index is -3.40. The van der Waals surface area contributed by atoms with Crippen LogP contribution in [-0.2, 0) is 10.0 Å². The molecule has 1 saturated carbocycles. The number of hydrogen-bond donors (Lipinski definition) is 1. The third-order valence-corrected chi connectivity index (χ3v) is 6.84. The topological polar surface area (TPSA) is 73.2 Å². The Hall–Kier alpha value is -1.65. The second kappa shape index (κ2) is 7.08. The van der Waals surface area contributed by atoms with Crippen LogP contribution in [0.4, 0.5) is 10.1 Å². The molecule has 2 fully saturated rings. The summed E-state index contributed by atoms with van der Waals surface area (Å²) in [5, 5.41) is 8.30. The first-order chi connectivity index (χ1) is 11.5. The Morgan fingerprint density at radius 2 is 1.96 bits per heavy atom. The molecule has 0 bridgehead atoms. The molecule has 5 nitrogen and oxygen atoms in total. The summed E-state index contributed by atoms with van der Waals surface area (Å²) in [6.07, 6.45) is 5.24. The summed E-state index contributed by atoms with van der Waals surface area (Å²) in [6.45, 7) is 0.906. The van der Waals surface area contributed by atoms with Crippen LogP contribution in [0.3, 0.4) is 0 Å². The van der Waals surface area contributed by atoms with Crippen molar-refractivity contribution < 1.29 is 12.8 Å². The minimum absolute atomic E-state index is 0.0528. The van der Waals surface area contributed by atoms with Crippen molar-refractivity contribution in [1.82, 2.24) is 4.72 Å². The monoisotopic (exact) mass is 351 g/mol. The van der Waals surface area contributed by atoms with E-state index in [1.54, 1.807) is 17.0 Å². The number of anilines is 1. The van der Waals surface area contributed by atoms with E-state index < -0.39 is 21.1 Å². The van der Waals surface area contributed by atoms with Gasteiger partial charge in [0.2, 0.25) is 10.0 Å². The van der Waals surface area contributed by atoms with E-state index in [9.17, 15) is 12.8 Å². The van der Waals surface area contributed by atoms with Gasteiger partial charge in [0.05, 0.1) is 22.6 Å². The third-order valence-electron chi connectivity index (χ3n) is 4.92. The molecule has 0 radical (unpaired) electrons. The largest absolute Gasteiger partial charge is 0.368 e. The number of nitrogens with zero attached hydrogens (tertiary/aromatic N) is 2. The molecule has 1 N–H and O–H groups in total. The highest BCUT2D eigenvalue weighted by molar-refractivity contribution is 7.90. The number of nitriles is 1. The van der Waals surface area contributed by atoms with Gasteiger partial charge in [0, 0.05) is 19.1 Å². The fraction of sp³-hybridized carbons (Fsp3) is 0.588. The van der Waals surface area contributed by atoms with Crippen molar-refractivity contribution in [3.63, 3.8) is 0 Å². The molecule has 130 valence electrons. The maximum absolute atomic E-state index is 14.2. The second-order valence-corrected chi connectivity index (χ2v) is 8.62. The van der Waals surface area contributed by atoms with Crippen LogP contribution in [0.5, 0.6) is 0 Å². The first-order valence-corrected chi connectivity index (χ1v) is 10.00. The molecule has 1 heterocycles. The Morgan fingerprint density at radius 1 is 1.21 bits per heavy atom. The summed E-state index contributed by atoms with van der Waals surface area (Å²) < 4.78 is 42.3. The van der Waals surface area contributed by atoms with E-state index in [1.165, 1.54) is 6.07 Å². The summed E-state index contributed by atoms with van der Waals surface area (Å²) in [6, 6.07) is 6.28. The molecule has 1 aliphatic carbocycles. The van der Waals surface area contributed by atoms with E-state index >= 15 is 0 Å². The Kier molecular flexibility index (Phi) is 5.07. The van der Waals surface area contributed by atoms with Gasteiger partial charge >= 0.3 is 0 Å². The normalized spacial score (nSPS) is 22.5. The molecule has 1 aliphatic heterocycles. The number of benzene rings is 1. The fourth-order valence-corrected chi connectivity index (χ4v) is 5.36. The van der Waals surface area contributed by atoms with E-state index in [-0.39, 0.29) is 18.2 Å². The molecular formula is C17H22FN3O2S. The van der Waals surface area contributed by atoms with Gasteiger partial charge in [-0.3, -0.25) is 0 Å². The van der Waals surface area contributed by atoms with Crippen molar-refractivity contribution in [2.24, 2.45) is 0 Å². The summed E-state index contributed by atoms with van der Waals surface area (Å²) in [5.74, 6) is -0.476. The maximum atomic E-state index is 14.2. The van der Waals surface area contributed by atoms with Gasteiger partial charge in [0.1, 0.15) is 5.82 Å². The predicted molar refractivity (Wildman–Crippen MR) is 90.7 cm³/mol. The lowest BCUT2D eigenvalue weighted by Crippen LogP contribution is -2.48. The number of rotatable bonds is 4. The molecule has 1 aromatic rings. The first kappa shape index (κ1) is 17.2. The lowest BCUT2D eigenvalue weighted by Gasteiger charge is -2.34. The number of piperidine rings is 1. The molecular weight excluding hydrogens is 329 g/mol. The molecule has 0 unspecified atom stereocenters. The quantitative estimate of drug-likeness (QED) is 0.905. The number of halogens is 1. The molecule has 24 heavy (non-hydrogen) atoms. The zero-order valence-corrected chi connectivity index (χ0v) is 14.4. The lowest BCUT2D eigenvalue weighted by atomic mass is 10.1. The molecule has 3 rings (SSSR count). The zero-order valence-electron chi connectivity index (χ0n) is 13.5. The van der Waals surface area contributed by atoms with E-state index in [2.05, 4.69) is 4.72 Å². The highest BCUT2D eigenvalue weighted by Gasteiger charge is 2.33. The van der Waals surface area contributed by atoms with Crippen molar-refractivity contribution in [3.05, 3.63) is 29.6 Å². The Bertz CT molecular complexity index is 739. The van der Waals surface area contributed by atoms with Crippen molar-refractivity contribution in [3.8, 4) is 6.07 Å². The van der Waals surface area contributed by atoms with Crippen LogP contribution in [-0.4, -0.2) is 32.8 Å². The SMILES string of the molecule is N#Cc1ccc(N2CCC[C@H](S(=O)(=O)NC3CCCC3)C2)c(F)c1. The molecule has 0 aromatic heterocycles. The van der Waals surface area contributed by atoms with Crippen molar-refractivity contribution in [2.75, 3.05) is 18.0 Å². The third kappa shape index (κ3) is 3.70. The van der Waals surface area contributed by atoms with Gasteiger partial charge in [-0.15, -0.1) is 0 Å². The van der Waals surface area contributed by atoms with Gasteiger partial charge < -0.3 is 4.90 Å². The molecule has 0 amide bonds. The van der Waals surface area contributed by atoms with Crippen molar-refractivity contribution >= 4 is 15.7 Å².